The van der Waals surface area contributed by atoms with Crippen molar-refractivity contribution in [3.05, 3.63) is 40.6 Å². The van der Waals surface area contributed by atoms with Gasteiger partial charge in [-0.1, -0.05) is 35.3 Å². The van der Waals surface area contributed by atoms with E-state index in [9.17, 15) is 4.79 Å². The number of rotatable bonds is 2. The maximum Gasteiger partial charge on any atom is 0.410 e. The zero-order valence-corrected chi connectivity index (χ0v) is 17.1. The van der Waals surface area contributed by atoms with Crippen LogP contribution < -0.4 is 4.90 Å². The summed E-state index contributed by atoms with van der Waals surface area (Å²) in [5, 5.41) is 0.992. The summed E-state index contributed by atoms with van der Waals surface area (Å²) in [7, 11) is 0. The van der Waals surface area contributed by atoms with Gasteiger partial charge in [0.05, 0.1) is 6.20 Å². The standard InChI is InChI=1S/C19H22Cl2N4O2/c1-19(2,3)27-18(26)25-10-8-24(9-11-25)15-12-22-16(17(21)23-15)13-4-6-14(20)7-5-13/h4-7,12H,8-11H2,1-3H3. The predicted molar refractivity (Wildman–Crippen MR) is 108 cm³/mol. The highest BCUT2D eigenvalue weighted by atomic mass is 35.5. The minimum Gasteiger partial charge on any atom is -0.444 e. The number of piperazine rings is 1. The molecule has 3 rings (SSSR count). The fourth-order valence-corrected chi connectivity index (χ4v) is 3.13. The Morgan fingerprint density at radius 1 is 1.07 bits per heavy atom. The summed E-state index contributed by atoms with van der Waals surface area (Å²) < 4.78 is 5.42. The Morgan fingerprint density at radius 3 is 2.26 bits per heavy atom. The smallest absolute Gasteiger partial charge is 0.410 e. The molecule has 0 bridgehead atoms. The van der Waals surface area contributed by atoms with Crippen LogP contribution in [-0.2, 0) is 4.74 Å². The van der Waals surface area contributed by atoms with Crippen molar-refractivity contribution in [3.8, 4) is 11.3 Å². The average Bonchev–Trinajstić information content (AvgIpc) is 2.61. The molecule has 1 aromatic carbocycles. The molecule has 0 atom stereocenters. The molecule has 144 valence electrons. The van der Waals surface area contributed by atoms with Crippen molar-refractivity contribution in [2.45, 2.75) is 26.4 Å². The first-order chi connectivity index (χ1) is 12.7. The molecule has 2 heterocycles. The Kier molecular flexibility index (Phi) is 5.77. The van der Waals surface area contributed by atoms with Crippen LogP contribution in [0.5, 0.6) is 0 Å². The van der Waals surface area contributed by atoms with Crippen LogP contribution in [0.4, 0.5) is 10.6 Å². The van der Waals surface area contributed by atoms with Gasteiger partial charge in [0.25, 0.3) is 0 Å². The molecular formula is C19H22Cl2N4O2. The van der Waals surface area contributed by atoms with Crippen LogP contribution in [-0.4, -0.2) is 52.7 Å². The van der Waals surface area contributed by atoms with E-state index in [0.29, 0.717) is 47.9 Å². The van der Waals surface area contributed by atoms with Crippen LogP contribution in [0.3, 0.4) is 0 Å². The predicted octanol–water partition coefficient (Wildman–Crippen LogP) is 4.51. The molecular weight excluding hydrogens is 387 g/mol. The number of carbonyl (C=O) groups excluding carboxylic acids is 1. The third kappa shape index (κ3) is 5.02. The molecule has 27 heavy (non-hydrogen) atoms. The lowest BCUT2D eigenvalue weighted by molar-refractivity contribution is 0.0240. The Morgan fingerprint density at radius 2 is 1.70 bits per heavy atom. The van der Waals surface area contributed by atoms with E-state index in [1.807, 2.05) is 32.9 Å². The normalized spacial score (nSPS) is 15.0. The number of hydrogen-bond acceptors (Lipinski definition) is 5. The number of nitrogens with zero attached hydrogens (tertiary/aromatic N) is 4. The van der Waals surface area contributed by atoms with E-state index in [0.717, 1.165) is 5.56 Å². The Hall–Kier alpha value is -2.05. The number of halogens is 2. The van der Waals surface area contributed by atoms with Crippen molar-refractivity contribution in [2.75, 3.05) is 31.1 Å². The topological polar surface area (TPSA) is 58.6 Å². The second-order valence-electron chi connectivity index (χ2n) is 7.33. The van der Waals surface area contributed by atoms with Gasteiger partial charge in [-0.05, 0) is 32.9 Å². The molecule has 1 amide bonds. The van der Waals surface area contributed by atoms with Crippen molar-refractivity contribution >= 4 is 35.1 Å². The maximum atomic E-state index is 12.2. The van der Waals surface area contributed by atoms with Gasteiger partial charge >= 0.3 is 6.09 Å². The Balaban J connectivity index is 1.66. The van der Waals surface area contributed by atoms with Gasteiger partial charge in [0.2, 0.25) is 0 Å². The summed E-state index contributed by atoms with van der Waals surface area (Å²) in [4.78, 5) is 24.9. The van der Waals surface area contributed by atoms with E-state index in [2.05, 4.69) is 14.9 Å². The molecule has 1 aromatic heterocycles. The van der Waals surface area contributed by atoms with Crippen LogP contribution in [0.25, 0.3) is 11.3 Å². The Bertz CT molecular complexity index is 813. The summed E-state index contributed by atoms with van der Waals surface area (Å²) in [5.41, 5.74) is 0.979. The maximum absolute atomic E-state index is 12.2. The van der Waals surface area contributed by atoms with Crippen molar-refractivity contribution in [1.29, 1.82) is 0 Å². The molecule has 1 fully saturated rings. The van der Waals surface area contributed by atoms with Crippen molar-refractivity contribution < 1.29 is 9.53 Å². The first-order valence-electron chi connectivity index (χ1n) is 8.74. The second-order valence-corrected chi connectivity index (χ2v) is 8.12. The molecule has 0 radical (unpaired) electrons. The molecule has 0 N–H and O–H groups in total. The molecule has 0 unspecified atom stereocenters. The summed E-state index contributed by atoms with van der Waals surface area (Å²) in [6.07, 6.45) is 1.42. The third-order valence-corrected chi connectivity index (χ3v) is 4.61. The Labute approximate surface area is 169 Å². The number of anilines is 1. The first-order valence-corrected chi connectivity index (χ1v) is 9.50. The van der Waals surface area contributed by atoms with Gasteiger partial charge in [0.15, 0.2) is 5.15 Å². The van der Waals surface area contributed by atoms with Crippen molar-refractivity contribution in [2.24, 2.45) is 0 Å². The zero-order chi connectivity index (χ0) is 19.6. The quantitative estimate of drug-likeness (QED) is 0.731. The van der Waals surface area contributed by atoms with Crippen LogP contribution in [0.2, 0.25) is 10.2 Å². The zero-order valence-electron chi connectivity index (χ0n) is 15.6. The van der Waals surface area contributed by atoms with E-state index < -0.39 is 5.60 Å². The molecule has 1 aliphatic heterocycles. The number of aromatic nitrogens is 2. The highest BCUT2D eigenvalue weighted by molar-refractivity contribution is 6.32. The van der Waals surface area contributed by atoms with Crippen LogP contribution in [0.1, 0.15) is 20.8 Å². The molecule has 0 spiro atoms. The molecule has 1 aliphatic rings. The fourth-order valence-electron chi connectivity index (χ4n) is 2.76. The minimum absolute atomic E-state index is 0.288. The van der Waals surface area contributed by atoms with Gasteiger partial charge in [-0.2, -0.15) is 0 Å². The summed E-state index contributed by atoms with van der Waals surface area (Å²) in [6.45, 7) is 8.00. The van der Waals surface area contributed by atoms with Gasteiger partial charge in [-0.15, -0.1) is 0 Å². The summed E-state index contributed by atoms with van der Waals surface area (Å²) >= 11 is 12.3. The van der Waals surface area contributed by atoms with E-state index in [4.69, 9.17) is 27.9 Å². The van der Waals surface area contributed by atoms with Gasteiger partial charge in [0.1, 0.15) is 17.1 Å². The van der Waals surface area contributed by atoms with Crippen LogP contribution >= 0.6 is 23.2 Å². The van der Waals surface area contributed by atoms with Crippen LogP contribution in [0.15, 0.2) is 30.5 Å². The van der Waals surface area contributed by atoms with Gasteiger partial charge in [-0.3, -0.25) is 0 Å². The number of carbonyl (C=O) groups is 1. The van der Waals surface area contributed by atoms with Crippen molar-refractivity contribution in [1.82, 2.24) is 14.9 Å². The minimum atomic E-state index is -0.495. The summed E-state index contributed by atoms with van der Waals surface area (Å²) in [6, 6.07) is 7.30. The van der Waals surface area contributed by atoms with Gasteiger partial charge < -0.3 is 14.5 Å². The summed E-state index contributed by atoms with van der Waals surface area (Å²) in [5.74, 6) is 0.696. The van der Waals surface area contributed by atoms with E-state index in [-0.39, 0.29) is 6.09 Å². The number of benzene rings is 1. The molecule has 2 aromatic rings. The number of hydrogen-bond donors (Lipinski definition) is 0. The lowest BCUT2D eigenvalue weighted by atomic mass is 10.2. The van der Waals surface area contributed by atoms with E-state index in [1.165, 1.54) is 0 Å². The third-order valence-electron chi connectivity index (χ3n) is 4.09. The molecule has 1 saturated heterocycles. The highest BCUT2D eigenvalue weighted by Gasteiger charge is 2.26. The number of ether oxygens (including phenoxy) is 1. The van der Waals surface area contributed by atoms with Crippen molar-refractivity contribution in [3.63, 3.8) is 0 Å². The highest BCUT2D eigenvalue weighted by Crippen LogP contribution is 2.27. The molecule has 8 heteroatoms. The van der Waals surface area contributed by atoms with Gasteiger partial charge in [-0.25, -0.2) is 14.8 Å². The van der Waals surface area contributed by atoms with Gasteiger partial charge in [0, 0.05) is 36.8 Å². The van der Waals surface area contributed by atoms with E-state index in [1.54, 1.807) is 23.2 Å². The average molecular weight is 409 g/mol. The van der Waals surface area contributed by atoms with E-state index >= 15 is 0 Å². The second kappa shape index (κ2) is 7.90. The fraction of sp³-hybridized carbons (Fsp3) is 0.421. The lowest BCUT2D eigenvalue weighted by Gasteiger charge is -2.36. The monoisotopic (exact) mass is 408 g/mol. The number of amides is 1. The van der Waals surface area contributed by atoms with Crippen LogP contribution in [0, 0.1) is 0 Å². The molecule has 0 saturated carbocycles. The molecule has 6 nitrogen and oxygen atoms in total. The first kappa shape index (κ1) is 19.7. The largest absolute Gasteiger partial charge is 0.444 e. The SMILES string of the molecule is CC(C)(C)OC(=O)N1CCN(c2cnc(-c3ccc(Cl)cc3)c(Cl)n2)CC1. The lowest BCUT2D eigenvalue weighted by Crippen LogP contribution is -2.50. The molecule has 0 aliphatic carbocycles.